The van der Waals surface area contributed by atoms with E-state index in [9.17, 15) is 4.79 Å². The molecule has 0 aliphatic carbocycles. The molecule has 4 rings (SSSR count). The molecule has 0 unspecified atom stereocenters. The first-order chi connectivity index (χ1) is 13.3. The fourth-order valence-electron chi connectivity index (χ4n) is 4.60. The largest absolute Gasteiger partial charge is 0.381 e. The van der Waals surface area contributed by atoms with Crippen molar-refractivity contribution in [3.63, 3.8) is 0 Å². The maximum absolute atomic E-state index is 12.7. The number of likely N-dealkylation sites (tertiary alicyclic amines) is 1. The van der Waals surface area contributed by atoms with E-state index in [-0.39, 0.29) is 0 Å². The number of pyridine rings is 1. The summed E-state index contributed by atoms with van der Waals surface area (Å²) in [6.07, 6.45) is 11.2. The van der Waals surface area contributed by atoms with Crippen LogP contribution >= 0.6 is 0 Å². The molecular weight excluding hydrogens is 336 g/mol. The van der Waals surface area contributed by atoms with Crippen LogP contribution in [0.3, 0.4) is 0 Å². The molecule has 2 saturated heterocycles. The van der Waals surface area contributed by atoms with Crippen LogP contribution in [0.2, 0.25) is 0 Å². The van der Waals surface area contributed by atoms with Crippen LogP contribution in [0.5, 0.6) is 0 Å². The lowest BCUT2D eigenvalue weighted by molar-refractivity contribution is -0.132. The highest BCUT2D eigenvalue weighted by Crippen LogP contribution is 2.27. The first kappa shape index (κ1) is 18.4. The fraction of sp³-hybridized carbons (Fsp3) is 0.565. The van der Waals surface area contributed by atoms with E-state index in [1.54, 1.807) is 0 Å². The van der Waals surface area contributed by atoms with Crippen LogP contribution in [0.25, 0.3) is 10.8 Å². The van der Waals surface area contributed by atoms with E-state index in [2.05, 4.69) is 34.1 Å². The molecular formula is C23H30N2O2. The van der Waals surface area contributed by atoms with Crippen LogP contribution in [0, 0.1) is 11.8 Å². The predicted octanol–water partition coefficient (Wildman–Crippen LogP) is 4.22. The van der Waals surface area contributed by atoms with Crippen molar-refractivity contribution in [3.8, 4) is 0 Å². The van der Waals surface area contributed by atoms with Gasteiger partial charge in [0.05, 0.1) is 0 Å². The quantitative estimate of drug-likeness (QED) is 0.813. The monoisotopic (exact) mass is 366 g/mol. The SMILES string of the molecule is O=C(CC1CCOCC1)N1CCC[C@H](Cc2cncc3ccccc23)CC1. The summed E-state index contributed by atoms with van der Waals surface area (Å²) in [5.41, 5.74) is 1.35. The Morgan fingerprint density at radius 1 is 1.04 bits per heavy atom. The van der Waals surface area contributed by atoms with Crippen molar-refractivity contribution >= 4 is 16.7 Å². The van der Waals surface area contributed by atoms with E-state index < -0.39 is 0 Å². The molecule has 0 bridgehead atoms. The van der Waals surface area contributed by atoms with Gasteiger partial charge in [-0.15, -0.1) is 0 Å². The maximum Gasteiger partial charge on any atom is 0.222 e. The normalized spacial score (nSPS) is 21.9. The van der Waals surface area contributed by atoms with Crippen LogP contribution in [0.4, 0.5) is 0 Å². The van der Waals surface area contributed by atoms with Crippen LogP contribution < -0.4 is 0 Å². The number of hydrogen-bond acceptors (Lipinski definition) is 3. The average molecular weight is 367 g/mol. The molecule has 1 amide bonds. The fourth-order valence-corrected chi connectivity index (χ4v) is 4.60. The van der Waals surface area contributed by atoms with Crippen molar-refractivity contribution < 1.29 is 9.53 Å². The molecule has 4 nitrogen and oxygen atoms in total. The molecule has 0 saturated carbocycles. The number of benzene rings is 1. The third kappa shape index (κ3) is 4.67. The summed E-state index contributed by atoms with van der Waals surface area (Å²) in [4.78, 5) is 19.3. The first-order valence-corrected chi connectivity index (χ1v) is 10.5. The minimum Gasteiger partial charge on any atom is -0.381 e. The van der Waals surface area contributed by atoms with Gasteiger partial charge in [-0.1, -0.05) is 24.3 Å². The number of ether oxygens (including phenoxy) is 1. The Bertz CT molecular complexity index is 765. The first-order valence-electron chi connectivity index (χ1n) is 10.5. The van der Waals surface area contributed by atoms with Gasteiger partial charge in [0.25, 0.3) is 0 Å². The third-order valence-corrected chi connectivity index (χ3v) is 6.26. The van der Waals surface area contributed by atoms with Gasteiger partial charge in [0, 0.05) is 50.5 Å². The van der Waals surface area contributed by atoms with Gasteiger partial charge in [-0.3, -0.25) is 9.78 Å². The molecule has 0 spiro atoms. The zero-order valence-corrected chi connectivity index (χ0v) is 16.1. The van der Waals surface area contributed by atoms with Gasteiger partial charge in [-0.25, -0.2) is 0 Å². The molecule has 2 aliphatic rings. The number of carbonyl (C=O) groups is 1. The number of nitrogens with zero attached hydrogens (tertiary/aromatic N) is 2. The number of fused-ring (bicyclic) bond motifs is 1. The van der Waals surface area contributed by atoms with Gasteiger partial charge >= 0.3 is 0 Å². The van der Waals surface area contributed by atoms with Gasteiger partial charge in [-0.2, -0.15) is 0 Å². The Morgan fingerprint density at radius 3 is 2.78 bits per heavy atom. The smallest absolute Gasteiger partial charge is 0.222 e. The van der Waals surface area contributed by atoms with E-state index in [0.29, 0.717) is 24.2 Å². The van der Waals surface area contributed by atoms with E-state index in [1.807, 2.05) is 12.4 Å². The standard InChI is InChI=1S/C23H30N2O2/c26-23(15-19-8-12-27-13-9-19)25-10-3-4-18(7-11-25)14-21-17-24-16-20-5-1-2-6-22(20)21/h1-2,5-6,16-19H,3-4,7-15H2/t18-/m0/s1. The summed E-state index contributed by atoms with van der Waals surface area (Å²) >= 11 is 0. The second-order valence-corrected chi connectivity index (χ2v) is 8.16. The average Bonchev–Trinajstić information content (AvgIpc) is 2.95. The van der Waals surface area contributed by atoms with E-state index in [4.69, 9.17) is 4.74 Å². The van der Waals surface area contributed by atoms with Crippen molar-refractivity contribution in [3.05, 3.63) is 42.2 Å². The second-order valence-electron chi connectivity index (χ2n) is 8.16. The third-order valence-electron chi connectivity index (χ3n) is 6.26. The van der Waals surface area contributed by atoms with Crippen LogP contribution in [-0.4, -0.2) is 42.1 Å². The van der Waals surface area contributed by atoms with Crippen molar-refractivity contribution in [2.24, 2.45) is 11.8 Å². The molecule has 0 radical (unpaired) electrons. The van der Waals surface area contributed by atoms with Crippen molar-refractivity contribution in [1.82, 2.24) is 9.88 Å². The summed E-state index contributed by atoms with van der Waals surface area (Å²) < 4.78 is 5.42. The summed E-state index contributed by atoms with van der Waals surface area (Å²) in [6, 6.07) is 8.51. The lowest BCUT2D eigenvalue weighted by atomic mass is 9.91. The van der Waals surface area contributed by atoms with Gasteiger partial charge in [-0.05, 0) is 61.3 Å². The number of carbonyl (C=O) groups excluding carboxylic acids is 1. The summed E-state index contributed by atoms with van der Waals surface area (Å²) in [5.74, 6) is 1.51. The van der Waals surface area contributed by atoms with Gasteiger partial charge in [0.2, 0.25) is 5.91 Å². The summed E-state index contributed by atoms with van der Waals surface area (Å²) in [6.45, 7) is 3.47. The molecule has 0 N–H and O–H groups in total. The van der Waals surface area contributed by atoms with Crippen molar-refractivity contribution in [2.45, 2.75) is 44.9 Å². The van der Waals surface area contributed by atoms with Crippen LogP contribution in [0.1, 0.15) is 44.1 Å². The lowest BCUT2D eigenvalue weighted by Gasteiger charge is -2.26. The Kier molecular flexibility index (Phi) is 6.03. The molecule has 3 heterocycles. The van der Waals surface area contributed by atoms with Crippen LogP contribution in [-0.2, 0) is 16.0 Å². The molecule has 2 aliphatic heterocycles. The highest BCUT2D eigenvalue weighted by Gasteiger charge is 2.24. The lowest BCUT2D eigenvalue weighted by Crippen LogP contribution is -2.34. The minimum atomic E-state index is 0.356. The van der Waals surface area contributed by atoms with Gasteiger partial charge in [0.15, 0.2) is 0 Å². The predicted molar refractivity (Wildman–Crippen MR) is 108 cm³/mol. The summed E-state index contributed by atoms with van der Waals surface area (Å²) in [5, 5.41) is 2.54. The molecule has 1 aromatic heterocycles. The summed E-state index contributed by atoms with van der Waals surface area (Å²) in [7, 11) is 0. The molecule has 144 valence electrons. The Morgan fingerprint density at radius 2 is 1.89 bits per heavy atom. The topological polar surface area (TPSA) is 42.4 Å². The number of hydrogen-bond donors (Lipinski definition) is 0. The Hall–Kier alpha value is -1.94. The van der Waals surface area contributed by atoms with E-state index >= 15 is 0 Å². The Balaban J connectivity index is 1.34. The van der Waals surface area contributed by atoms with Gasteiger partial charge < -0.3 is 9.64 Å². The van der Waals surface area contributed by atoms with Crippen molar-refractivity contribution in [1.29, 1.82) is 0 Å². The molecule has 1 atom stereocenters. The maximum atomic E-state index is 12.7. The molecule has 2 fully saturated rings. The highest BCUT2D eigenvalue weighted by atomic mass is 16.5. The Labute approximate surface area is 161 Å². The van der Waals surface area contributed by atoms with E-state index in [1.165, 1.54) is 22.8 Å². The second kappa shape index (κ2) is 8.83. The molecule has 27 heavy (non-hydrogen) atoms. The zero-order valence-electron chi connectivity index (χ0n) is 16.1. The molecule has 2 aromatic rings. The minimum absolute atomic E-state index is 0.356. The van der Waals surface area contributed by atoms with Crippen LogP contribution in [0.15, 0.2) is 36.7 Å². The van der Waals surface area contributed by atoms with Gasteiger partial charge in [0.1, 0.15) is 0 Å². The molecule has 4 heteroatoms. The van der Waals surface area contributed by atoms with E-state index in [0.717, 1.165) is 58.4 Å². The molecule has 1 aromatic carbocycles. The number of rotatable bonds is 4. The number of amides is 1. The highest BCUT2D eigenvalue weighted by molar-refractivity contribution is 5.84. The van der Waals surface area contributed by atoms with Crippen molar-refractivity contribution in [2.75, 3.05) is 26.3 Å². The zero-order chi connectivity index (χ0) is 18.5. The number of aromatic nitrogens is 1.